The number of nitrogens with one attached hydrogen (secondary N) is 1. The predicted molar refractivity (Wildman–Crippen MR) is 77.3 cm³/mol. The number of amides is 1. The summed E-state index contributed by atoms with van der Waals surface area (Å²) in [6.45, 7) is 0. The van der Waals surface area contributed by atoms with Crippen LogP contribution in [0.5, 0.6) is 0 Å². The number of nitrogens with zero attached hydrogens (tertiary/aromatic N) is 3. The Morgan fingerprint density at radius 1 is 1.17 bits per heavy atom. The Morgan fingerprint density at radius 3 is 2.61 bits per heavy atom. The van der Waals surface area contributed by atoms with Crippen molar-refractivity contribution in [3.63, 3.8) is 0 Å². The van der Waals surface area contributed by atoms with Crippen LogP contribution >= 0.6 is 47.8 Å². The second-order valence-electron chi connectivity index (χ2n) is 3.13. The molecule has 2 aromatic heterocycles. The maximum Gasteiger partial charge on any atom is 0.259 e. The lowest BCUT2D eigenvalue weighted by Gasteiger charge is -2.06. The van der Waals surface area contributed by atoms with Crippen LogP contribution in [-0.2, 0) is 0 Å². The molecule has 2 heterocycles. The number of anilines is 1. The number of hydrogen-bond acceptors (Lipinski definition) is 4. The molecule has 1 amide bonds. The van der Waals surface area contributed by atoms with Crippen LogP contribution in [0.4, 0.5) is 5.82 Å². The van der Waals surface area contributed by atoms with Crippen molar-refractivity contribution in [1.29, 1.82) is 0 Å². The average molecular weight is 437 g/mol. The summed E-state index contributed by atoms with van der Waals surface area (Å²) in [7, 11) is 0. The fraction of sp³-hybridized carbons (Fsp3) is 0. The van der Waals surface area contributed by atoms with Crippen molar-refractivity contribution in [2.75, 3.05) is 5.32 Å². The monoisotopic (exact) mass is 434 g/mol. The van der Waals surface area contributed by atoms with Crippen molar-refractivity contribution in [2.24, 2.45) is 0 Å². The molecule has 0 atom stereocenters. The van der Waals surface area contributed by atoms with Crippen LogP contribution in [-0.4, -0.2) is 20.9 Å². The molecule has 0 aromatic carbocycles. The van der Waals surface area contributed by atoms with E-state index in [4.69, 9.17) is 0 Å². The van der Waals surface area contributed by atoms with Crippen molar-refractivity contribution >= 4 is 59.5 Å². The molecule has 0 unspecified atom stereocenters. The van der Waals surface area contributed by atoms with E-state index in [0.717, 1.165) is 0 Å². The number of hydrogen-bond donors (Lipinski definition) is 1. The molecule has 0 aliphatic heterocycles. The molecule has 0 fully saturated rings. The molecule has 5 nitrogen and oxygen atoms in total. The van der Waals surface area contributed by atoms with Gasteiger partial charge >= 0.3 is 0 Å². The SMILES string of the molecule is O=C(Nc1ncc(Br)nc1Br)c1cccnc1Br. The van der Waals surface area contributed by atoms with Gasteiger partial charge in [-0.25, -0.2) is 15.0 Å². The number of rotatable bonds is 2. The molecule has 0 spiro atoms. The number of carbonyl (C=O) groups is 1. The first-order valence-corrected chi connectivity index (χ1v) is 7.05. The van der Waals surface area contributed by atoms with E-state index in [1.807, 2.05) is 0 Å². The van der Waals surface area contributed by atoms with E-state index in [9.17, 15) is 4.79 Å². The van der Waals surface area contributed by atoms with Crippen molar-refractivity contribution in [3.8, 4) is 0 Å². The van der Waals surface area contributed by atoms with Crippen molar-refractivity contribution < 1.29 is 4.79 Å². The van der Waals surface area contributed by atoms with Crippen molar-refractivity contribution in [3.05, 3.63) is 43.9 Å². The highest BCUT2D eigenvalue weighted by Gasteiger charge is 2.13. The minimum Gasteiger partial charge on any atom is -0.304 e. The van der Waals surface area contributed by atoms with E-state index in [1.54, 1.807) is 18.3 Å². The maximum absolute atomic E-state index is 12.0. The summed E-state index contributed by atoms with van der Waals surface area (Å²) >= 11 is 9.62. The van der Waals surface area contributed by atoms with Crippen molar-refractivity contribution in [1.82, 2.24) is 15.0 Å². The largest absolute Gasteiger partial charge is 0.304 e. The molecular weight excluding hydrogens is 432 g/mol. The van der Waals surface area contributed by atoms with Gasteiger partial charge in [-0.05, 0) is 59.9 Å². The Bertz CT molecular complexity index is 605. The third-order valence-corrected chi connectivity index (χ3v) is 3.50. The highest BCUT2D eigenvalue weighted by atomic mass is 79.9. The summed E-state index contributed by atoms with van der Waals surface area (Å²) in [5.74, 6) is 0.0336. The highest BCUT2D eigenvalue weighted by molar-refractivity contribution is 9.11. The summed E-state index contributed by atoms with van der Waals surface area (Å²) in [6.07, 6.45) is 3.09. The van der Waals surface area contributed by atoms with E-state index in [0.29, 0.717) is 25.2 Å². The predicted octanol–water partition coefficient (Wildman–Crippen LogP) is 3.41. The topological polar surface area (TPSA) is 67.8 Å². The van der Waals surface area contributed by atoms with Crippen LogP contribution in [0.3, 0.4) is 0 Å². The van der Waals surface area contributed by atoms with Gasteiger partial charge in [-0.15, -0.1) is 0 Å². The van der Waals surface area contributed by atoms with Crippen molar-refractivity contribution in [2.45, 2.75) is 0 Å². The number of carbonyl (C=O) groups excluding carboxylic acids is 1. The highest BCUT2D eigenvalue weighted by Crippen LogP contribution is 2.21. The van der Waals surface area contributed by atoms with Gasteiger partial charge in [0, 0.05) is 6.20 Å². The van der Waals surface area contributed by atoms with E-state index < -0.39 is 0 Å². The Labute approximate surface area is 128 Å². The molecule has 0 saturated heterocycles. The number of pyridine rings is 1. The Hall–Kier alpha value is -0.860. The molecule has 0 aliphatic carbocycles. The van der Waals surface area contributed by atoms with Crippen LogP contribution < -0.4 is 5.32 Å². The number of aromatic nitrogens is 3. The van der Waals surface area contributed by atoms with Gasteiger partial charge < -0.3 is 5.32 Å². The first-order valence-electron chi connectivity index (χ1n) is 4.68. The summed E-state index contributed by atoms with van der Waals surface area (Å²) in [5.41, 5.74) is 0.425. The first kappa shape index (κ1) is 13.6. The molecule has 1 N–H and O–H groups in total. The van der Waals surface area contributed by atoms with E-state index in [1.165, 1.54) is 6.20 Å². The van der Waals surface area contributed by atoms with Gasteiger partial charge in [0.1, 0.15) is 13.8 Å². The average Bonchev–Trinajstić information content (AvgIpc) is 2.33. The van der Waals surface area contributed by atoms with Gasteiger partial charge in [0.2, 0.25) is 0 Å². The lowest BCUT2D eigenvalue weighted by molar-refractivity contribution is 0.102. The van der Waals surface area contributed by atoms with Gasteiger partial charge in [-0.1, -0.05) is 0 Å². The minimum atomic E-state index is -0.313. The standard InChI is InChI=1S/C10H5Br3N4O/c11-6-4-15-9(8(13)16-6)17-10(18)5-2-1-3-14-7(5)12/h1-4H,(H,15,17,18). The van der Waals surface area contributed by atoms with Gasteiger partial charge in [0.25, 0.3) is 5.91 Å². The summed E-state index contributed by atoms with van der Waals surface area (Å²) in [4.78, 5) is 24.1. The zero-order chi connectivity index (χ0) is 13.1. The van der Waals surface area contributed by atoms with Gasteiger partial charge in [-0.2, -0.15) is 0 Å². The summed E-state index contributed by atoms with van der Waals surface area (Å²) in [6, 6.07) is 3.34. The van der Waals surface area contributed by atoms with Crippen LogP contribution in [0.15, 0.2) is 38.3 Å². The van der Waals surface area contributed by atoms with Crippen LogP contribution in [0, 0.1) is 0 Å². The molecule has 0 radical (unpaired) electrons. The van der Waals surface area contributed by atoms with Gasteiger partial charge in [0.15, 0.2) is 5.82 Å². The molecule has 0 saturated carbocycles. The van der Waals surface area contributed by atoms with Gasteiger partial charge in [0.05, 0.1) is 11.8 Å². The molecule has 8 heteroatoms. The molecule has 92 valence electrons. The third kappa shape index (κ3) is 3.12. The molecule has 0 aliphatic rings. The fourth-order valence-electron chi connectivity index (χ4n) is 1.16. The zero-order valence-corrected chi connectivity index (χ0v) is 13.5. The lowest BCUT2D eigenvalue weighted by Crippen LogP contribution is -2.14. The molecule has 18 heavy (non-hydrogen) atoms. The Balaban J connectivity index is 2.24. The maximum atomic E-state index is 12.0. The van der Waals surface area contributed by atoms with Crippen LogP contribution in [0.2, 0.25) is 0 Å². The number of halogens is 3. The second-order valence-corrected chi connectivity index (χ2v) is 5.44. The quantitative estimate of drug-likeness (QED) is 0.732. The third-order valence-electron chi connectivity index (χ3n) is 1.94. The summed E-state index contributed by atoms with van der Waals surface area (Å²) in [5, 5.41) is 2.64. The second kappa shape index (κ2) is 5.85. The minimum absolute atomic E-state index is 0.313. The summed E-state index contributed by atoms with van der Waals surface area (Å²) < 4.78 is 1.50. The zero-order valence-electron chi connectivity index (χ0n) is 8.69. The molecule has 2 aromatic rings. The van der Waals surface area contributed by atoms with Gasteiger partial charge in [-0.3, -0.25) is 4.79 Å². The normalized spacial score (nSPS) is 10.2. The smallest absolute Gasteiger partial charge is 0.259 e. The molecular formula is C10H5Br3N4O. The van der Waals surface area contributed by atoms with E-state index in [2.05, 4.69) is 68.1 Å². The van der Waals surface area contributed by atoms with Crippen LogP contribution in [0.1, 0.15) is 10.4 Å². The molecule has 2 rings (SSSR count). The first-order chi connectivity index (χ1) is 8.58. The Morgan fingerprint density at radius 2 is 1.94 bits per heavy atom. The van der Waals surface area contributed by atoms with Crippen LogP contribution in [0.25, 0.3) is 0 Å². The van der Waals surface area contributed by atoms with E-state index in [-0.39, 0.29) is 5.91 Å². The molecule has 0 bridgehead atoms. The van der Waals surface area contributed by atoms with E-state index >= 15 is 0 Å². The lowest BCUT2D eigenvalue weighted by atomic mass is 10.3. The Kier molecular flexibility index (Phi) is 4.41. The fourth-order valence-corrected chi connectivity index (χ4v) is 2.50.